The van der Waals surface area contributed by atoms with E-state index in [0.717, 1.165) is 77.6 Å². The molecular formula is C22H50O5Si2. The molecule has 0 N–H and O–H groups in total. The Kier molecular flexibility index (Phi) is 21.6. The molecule has 176 valence electrons. The molecule has 0 aliphatic rings. The van der Waals surface area contributed by atoms with E-state index in [1.165, 1.54) is 25.3 Å². The summed E-state index contributed by atoms with van der Waals surface area (Å²) in [5, 5.41) is 0. The van der Waals surface area contributed by atoms with Crippen molar-refractivity contribution in [2.24, 2.45) is 0 Å². The van der Waals surface area contributed by atoms with Crippen molar-refractivity contribution in [2.45, 2.75) is 110 Å². The first-order chi connectivity index (χ1) is 14.2. The maximum atomic E-state index is 6.19. The van der Waals surface area contributed by atoms with Gasteiger partial charge in [0.05, 0.1) is 9.52 Å². The third kappa shape index (κ3) is 16.6. The van der Waals surface area contributed by atoms with E-state index in [1.807, 2.05) is 0 Å². The third-order valence-corrected chi connectivity index (χ3v) is 9.27. The van der Waals surface area contributed by atoms with Crippen LogP contribution in [0, 0.1) is 0 Å². The minimum atomic E-state index is -2.51. The SMILES string of the molecule is CCCOC(OCCC)[SiH2]CCCCCC[Si](OCCC)(OCCC)OCCC. The van der Waals surface area contributed by atoms with E-state index in [0.29, 0.717) is 0 Å². The maximum Gasteiger partial charge on any atom is 0.500 e. The second-order valence-electron chi connectivity index (χ2n) is 7.71. The first kappa shape index (κ1) is 29.2. The Hall–Kier alpha value is 0.234. The van der Waals surface area contributed by atoms with Gasteiger partial charge in [0.15, 0.2) is 0 Å². The third-order valence-electron chi connectivity index (χ3n) is 4.52. The fraction of sp³-hybridized carbons (Fsp3) is 1.00. The number of ether oxygens (including phenoxy) is 2. The van der Waals surface area contributed by atoms with Crippen molar-refractivity contribution in [3.63, 3.8) is 0 Å². The lowest BCUT2D eigenvalue weighted by molar-refractivity contribution is -0.0904. The zero-order valence-electron chi connectivity index (χ0n) is 20.1. The van der Waals surface area contributed by atoms with Gasteiger partial charge in [0.2, 0.25) is 0 Å². The summed E-state index contributed by atoms with van der Waals surface area (Å²) >= 11 is 0. The molecule has 0 aliphatic carbocycles. The molecule has 0 saturated carbocycles. The van der Waals surface area contributed by atoms with Crippen LogP contribution in [0.25, 0.3) is 0 Å². The predicted molar refractivity (Wildman–Crippen MR) is 127 cm³/mol. The minimum Gasteiger partial charge on any atom is -0.373 e. The largest absolute Gasteiger partial charge is 0.500 e. The molecule has 0 heterocycles. The van der Waals surface area contributed by atoms with Crippen molar-refractivity contribution in [1.29, 1.82) is 0 Å². The summed E-state index contributed by atoms with van der Waals surface area (Å²) in [5.41, 5.74) is 0. The molecule has 5 nitrogen and oxygen atoms in total. The molecule has 0 aliphatic heterocycles. The van der Waals surface area contributed by atoms with Gasteiger partial charge in [0, 0.05) is 39.1 Å². The molecule has 0 rings (SSSR count). The van der Waals surface area contributed by atoms with Gasteiger partial charge < -0.3 is 22.8 Å². The van der Waals surface area contributed by atoms with Crippen molar-refractivity contribution >= 4 is 18.3 Å². The van der Waals surface area contributed by atoms with Crippen molar-refractivity contribution in [3.8, 4) is 0 Å². The summed E-state index contributed by atoms with van der Waals surface area (Å²) in [6.45, 7) is 14.6. The molecule has 0 unspecified atom stereocenters. The van der Waals surface area contributed by atoms with Crippen molar-refractivity contribution in [2.75, 3.05) is 33.0 Å². The van der Waals surface area contributed by atoms with E-state index in [4.69, 9.17) is 22.8 Å². The average molecular weight is 451 g/mol. The molecule has 0 bridgehead atoms. The molecule has 0 aromatic rings. The lowest BCUT2D eigenvalue weighted by atomic mass is 10.2. The first-order valence-electron chi connectivity index (χ1n) is 12.3. The highest BCUT2D eigenvalue weighted by Gasteiger charge is 2.40. The highest BCUT2D eigenvalue weighted by molar-refractivity contribution is 6.60. The molecule has 0 amide bonds. The molecule has 0 radical (unpaired) electrons. The van der Waals surface area contributed by atoms with Gasteiger partial charge in [0.1, 0.15) is 5.91 Å². The lowest BCUT2D eigenvalue weighted by Gasteiger charge is -2.29. The van der Waals surface area contributed by atoms with Crippen LogP contribution in [0.15, 0.2) is 0 Å². The van der Waals surface area contributed by atoms with Crippen LogP contribution in [0.4, 0.5) is 0 Å². The van der Waals surface area contributed by atoms with Crippen LogP contribution in [0.2, 0.25) is 12.1 Å². The van der Waals surface area contributed by atoms with Gasteiger partial charge >= 0.3 is 8.80 Å². The molecule has 0 atom stereocenters. The Morgan fingerprint density at radius 3 is 1.48 bits per heavy atom. The second-order valence-corrected chi connectivity index (χ2v) is 12.4. The van der Waals surface area contributed by atoms with Crippen molar-refractivity contribution in [3.05, 3.63) is 0 Å². The number of unbranched alkanes of at least 4 members (excludes halogenated alkanes) is 3. The molecule has 0 spiro atoms. The zero-order valence-corrected chi connectivity index (χ0v) is 22.6. The quantitative estimate of drug-likeness (QED) is 0.117. The van der Waals surface area contributed by atoms with Crippen LogP contribution in [0.5, 0.6) is 0 Å². The minimum absolute atomic E-state index is 0.113. The van der Waals surface area contributed by atoms with E-state index in [1.54, 1.807) is 0 Å². The number of hydrogen-bond donors (Lipinski definition) is 0. The molecular weight excluding hydrogens is 400 g/mol. The normalized spacial score (nSPS) is 12.6. The smallest absolute Gasteiger partial charge is 0.373 e. The fourth-order valence-corrected chi connectivity index (χ4v) is 7.56. The highest BCUT2D eigenvalue weighted by Crippen LogP contribution is 2.21. The van der Waals surface area contributed by atoms with Crippen LogP contribution in [0.3, 0.4) is 0 Å². The summed E-state index contributed by atoms with van der Waals surface area (Å²) in [6.07, 6.45) is 10.0. The summed E-state index contributed by atoms with van der Waals surface area (Å²) in [7, 11) is -2.83. The Balaban J connectivity index is 4.20. The Labute approximate surface area is 184 Å². The standard InChI is InChI=1S/C22H50O5Si2/c1-6-15-23-22(24-16-7-2)28-20-13-11-12-14-21-29(25-17-8-3,26-18-9-4)27-19-10-5/h22H,6-21,28H2,1-5H3. The Bertz CT molecular complexity index is 305. The Morgan fingerprint density at radius 2 is 1.03 bits per heavy atom. The van der Waals surface area contributed by atoms with Crippen molar-refractivity contribution < 1.29 is 22.8 Å². The molecule has 0 aromatic heterocycles. The van der Waals surface area contributed by atoms with E-state index < -0.39 is 8.80 Å². The summed E-state index contributed by atoms with van der Waals surface area (Å²) in [6, 6.07) is 2.25. The van der Waals surface area contributed by atoms with E-state index in [-0.39, 0.29) is 15.4 Å². The fourth-order valence-electron chi connectivity index (χ4n) is 3.01. The van der Waals surface area contributed by atoms with Crippen LogP contribution < -0.4 is 0 Å². The van der Waals surface area contributed by atoms with Crippen LogP contribution in [-0.2, 0) is 22.8 Å². The van der Waals surface area contributed by atoms with Gasteiger partial charge in [-0.05, 0) is 38.5 Å². The van der Waals surface area contributed by atoms with E-state index in [2.05, 4.69) is 34.6 Å². The summed E-state index contributed by atoms with van der Waals surface area (Å²) < 4.78 is 30.3. The zero-order chi connectivity index (χ0) is 21.6. The first-order valence-corrected chi connectivity index (χ1v) is 16.1. The van der Waals surface area contributed by atoms with Crippen LogP contribution in [-0.4, -0.2) is 57.3 Å². The Morgan fingerprint density at radius 1 is 0.586 bits per heavy atom. The molecule has 0 saturated heterocycles. The van der Waals surface area contributed by atoms with Gasteiger partial charge in [-0.2, -0.15) is 0 Å². The van der Waals surface area contributed by atoms with Crippen LogP contribution in [0.1, 0.15) is 92.4 Å². The molecule has 0 fully saturated rings. The van der Waals surface area contributed by atoms with E-state index >= 15 is 0 Å². The van der Waals surface area contributed by atoms with Gasteiger partial charge in [-0.1, -0.05) is 59.9 Å². The maximum absolute atomic E-state index is 6.19. The monoisotopic (exact) mass is 450 g/mol. The van der Waals surface area contributed by atoms with Gasteiger partial charge in [0.25, 0.3) is 0 Å². The van der Waals surface area contributed by atoms with Crippen molar-refractivity contribution in [1.82, 2.24) is 0 Å². The van der Waals surface area contributed by atoms with Gasteiger partial charge in [-0.3, -0.25) is 0 Å². The topological polar surface area (TPSA) is 46.2 Å². The predicted octanol–water partition coefficient (Wildman–Crippen LogP) is 5.49. The molecule has 7 heteroatoms. The number of hydrogen-bond acceptors (Lipinski definition) is 5. The van der Waals surface area contributed by atoms with Gasteiger partial charge in [-0.25, -0.2) is 0 Å². The van der Waals surface area contributed by atoms with E-state index in [9.17, 15) is 0 Å². The molecule has 29 heavy (non-hydrogen) atoms. The highest BCUT2D eigenvalue weighted by atomic mass is 28.4. The number of rotatable bonds is 23. The molecule has 0 aromatic carbocycles. The lowest BCUT2D eigenvalue weighted by Crippen LogP contribution is -2.46. The second kappa shape index (κ2) is 21.5. The summed E-state index contributed by atoms with van der Waals surface area (Å²) in [5.74, 6) is 0.113. The van der Waals surface area contributed by atoms with Crippen LogP contribution >= 0.6 is 0 Å². The summed E-state index contributed by atoms with van der Waals surface area (Å²) in [4.78, 5) is 0. The average Bonchev–Trinajstić information content (AvgIpc) is 2.74. The van der Waals surface area contributed by atoms with Gasteiger partial charge in [-0.15, -0.1) is 0 Å².